The number of hydrogen-bond acceptors (Lipinski definition) is 4. The number of rotatable bonds is 4. The van der Waals surface area contributed by atoms with Gasteiger partial charge in [-0.25, -0.2) is 4.98 Å². The van der Waals surface area contributed by atoms with E-state index in [2.05, 4.69) is 15.2 Å². The highest BCUT2D eigenvalue weighted by molar-refractivity contribution is 7.98. The first kappa shape index (κ1) is 14.1. The van der Waals surface area contributed by atoms with Gasteiger partial charge in [0.2, 0.25) is 0 Å². The van der Waals surface area contributed by atoms with Gasteiger partial charge in [0.25, 0.3) is 0 Å². The predicted octanol–water partition coefficient (Wildman–Crippen LogP) is 3.82. The van der Waals surface area contributed by atoms with Gasteiger partial charge in [0.05, 0.1) is 0 Å². The molecule has 1 aromatic carbocycles. The number of thioether (sulfide) groups is 1. The van der Waals surface area contributed by atoms with E-state index in [1.54, 1.807) is 24.0 Å². The lowest BCUT2D eigenvalue weighted by Gasteiger charge is -2.04. The first-order valence-corrected chi connectivity index (χ1v) is 7.78. The number of halogens is 1. The zero-order valence-corrected chi connectivity index (χ0v) is 13.0. The van der Waals surface area contributed by atoms with Crippen molar-refractivity contribution >= 4 is 23.4 Å². The van der Waals surface area contributed by atoms with E-state index < -0.39 is 0 Å². The largest absolute Gasteiger partial charge is 0.305 e. The van der Waals surface area contributed by atoms with E-state index in [1.807, 2.05) is 48.0 Å². The maximum absolute atomic E-state index is 5.78. The topological polar surface area (TPSA) is 43.6 Å². The fourth-order valence-electron chi connectivity index (χ4n) is 1.92. The summed E-state index contributed by atoms with van der Waals surface area (Å²) in [6.45, 7) is 0. The minimum atomic E-state index is 0.508. The second-order valence-electron chi connectivity index (χ2n) is 4.51. The molecule has 2 aromatic heterocycles. The highest BCUT2D eigenvalue weighted by Gasteiger charge is 2.10. The molecule has 6 heteroatoms. The summed E-state index contributed by atoms with van der Waals surface area (Å²) in [5, 5.41) is 9.91. The Morgan fingerprint density at radius 1 is 1.10 bits per heavy atom. The maximum Gasteiger partial charge on any atom is 0.191 e. The average molecular weight is 317 g/mol. The summed E-state index contributed by atoms with van der Waals surface area (Å²) in [6, 6.07) is 13.8. The Kier molecular flexibility index (Phi) is 4.22. The monoisotopic (exact) mass is 316 g/mol. The van der Waals surface area contributed by atoms with Crippen LogP contribution < -0.4 is 0 Å². The highest BCUT2D eigenvalue weighted by Crippen LogP contribution is 2.25. The van der Waals surface area contributed by atoms with E-state index in [4.69, 9.17) is 11.6 Å². The molecule has 0 saturated heterocycles. The quantitative estimate of drug-likeness (QED) is 0.542. The third kappa shape index (κ3) is 3.25. The molecule has 0 bridgehead atoms. The summed E-state index contributed by atoms with van der Waals surface area (Å²) in [6.07, 6.45) is 1.78. The zero-order valence-electron chi connectivity index (χ0n) is 11.4. The van der Waals surface area contributed by atoms with Crippen molar-refractivity contribution in [2.75, 3.05) is 0 Å². The van der Waals surface area contributed by atoms with Crippen LogP contribution in [0.15, 0.2) is 53.8 Å². The van der Waals surface area contributed by atoms with E-state index >= 15 is 0 Å². The summed E-state index contributed by atoms with van der Waals surface area (Å²) in [7, 11) is 1.98. The van der Waals surface area contributed by atoms with Gasteiger partial charge in [-0.2, -0.15) is 0 Å². The smallest absolute Gasteiger partial charge is 0.191 e. The van der Waals surface area contributed by atoms with Gasteiger partial charge in [0.15, 0.2) is 11.0 Å². The summed E-state index contributed by atoms with van der Waals surface area (Å²) in [4.78, 5) is 4.08. The Labute approximate surface area is 132 Å². The fraction of sp³-hybridized carbons (Fsp3) is 0.133. The number of aromatic nitrogens is 4. The van der Waals surface area contributed by atoms with Crippen LogP contribution in [0, 0.1) is 0 Å². The molecule has 0 aliphatic carbocycles. The van der Waals surface area contributed by atoms with E-state index in [0.29, 0.717) is 5.15 Å². The number of pyridine rings is 1. The second-order valence-corrected chi connectivity index (χ2v) is 5.84. The molecule has 3 aromatic rings. The van der Waals surface area contributed by atoms with Crippen molar-refractivity contribution in [3.05, 3.63) is 59.4 Å². The average Bonchev–Trinajstić information content (AvgIpc) is 2.89. The molecule has 0 N–H and O–H groups in total. The first-order valence-electron chi connectivity index (χ1n) is 6.42. The zero-order chi connectivity index (χ0) is 14.7. The molecule has 0 unspecified atom stereocenters. The Morgan fingerprint density at radius 2 is 1.90 bits per heavy atom. The minimum absolute atomic E-state index is 0.508. The fourth-order valence-corrected chi connectivity index (χ4v) is 2.88. The number of benzene rings is 1. The Hall–Kier alpha value is -1.85. The van der Waals surface area contributed by atoms with Crippen molar-refractivity contribution in [1.82, 2.24) is 19.7 Å². The van der Waals surface area contributed by atoms with Crippen LogP contribution in [-0.2, 0) is 12.8 Å². The molecular formula is C15H13ClN4S. The molecule has 4 nitrogen and oxygen atoms in total. The summed E-state index contributed by atoms with van der Waals surface area (Å²) >= 11 is 7.41. The van der Waals surface area contributed by atoms with E-state index in [1.165, 1.54) is 0 Å². The second kappa shape index (κ2) is 6.28. The molecule has 0 aliphatic heterocycles. The van der Waals surface area contributed by atoms with Crippen molar-refractivity contribution < 1.29 is 0 Å². The van der Waals surface area contributed by atoms with Crippen LogP contribution in [0.5, 0.6) is 0 Å². The number of nitrogens with zero attached hydrogens (tertiary/aromatic N) is 4. The Balaban J connectivity index is 1.75. The lowest BCUT2D eigenvalue weighted by atomic mass is 10.2. The van der Waals surface area contributed by atoms with Crippen LogP contribution in [-0.4, -0.2) is 19.7 Å². The third-order valence-corrected chi connectivity index (χ3v) is 4.34. The summed E-state index contributed by atoms with van der Waals surface area (Å²) in [5.41, 5.74) is 2.17. The van der Waals surface area contributed by atoms with Crippen molar-refractivity contribution in [2.45, 2.75) is 10.9 Å². The molecule has 0 atom stereocenters. The molecule has 0 saturated carbocycles. The predicted molar refractivity (Wildman–Crippen MR) is 85.2 cm³/mol. The molecule has 0 radical (unpaired) electrons. The van der Waals surface area contributed by atoms with Gasteiger partial charge in [0, 0.05) is 24.6 Å². The SMILES string of the molecule is Cn1c(SCc2ccc(Cl)nc2)nnc1-c1ccccc1. The van der Waals surface area contributed by atoms with E-state index in [9.17, 15) is 0 Å². The molecule has 21 heavy (non-hydrogen) atoms. The minimum Gasteiger partial charge on any atom is -0.305 e. The normalized spacial score (nSPS) is 10.8. The van der Waals surface area contributed by atoms with E-state index in [-0.39, 0.29) is 0 Å². The molecule has 2 heterocycles. The molecule has 0 fully saturated rings. The van der Waals surface area contributed by atoms with Crippen molar-refractivity contribution in [1.29, 1.82) is 0 Å². The first-order chi connectivity index (χ1) is 10.2. The molecule has 0 aliphatic rings. The van der Waals surface area contributed by atoms with Crippen molar-refractivity contribution in [3.63, 3.8) is 0 Å². The van der Waals surface area contributed by atoms with Crippen molar-refractivity contribution in [3.8, 4) is 11.4 Å². The maximum atomic E-state index is 5.78. The molecule has 106 valence electrons. The third-order valence-electron chi connectivity index (χ3n) is 3.02. The van der Waals surface area contributed by atoms with Gasteiger partial charge in [-0.05, 0) is 11.6 Å². The Bertz CT molecular complexity index is 725. The molecule has 3 rings (SSSR count). The molecule has 0 amide bonds. The Morgan fingerprint density at radius 3 is 2.62 bits per heavy atom. The van der Waals surface area contributed by atoms with Gasteiger partial charge in [-0.15, -0.1) is 10.2 Å². The highest BCUT2D eigenvalue weighted by atomic mass is 35.5. The van der Waals surface area contributed by atoms with Gasteiger partial charge >= 0.3 is 0 Å². The van der Waals surface area contributed by atoms with Crippen LogP contribution >= 0.6 is 23.4 Å². The van der Waals surface area contributed by atoms with Crippen LogP contribution in [0.4, 0.5) is 0 Å². The standard InChI is InChI=1S/C15H13ClN4S/c1-20-14(12-5-3-2-4-6-12)18-19-15(20)21-10-11-7-8-13(16)17-9-11/h2-9H,10H2,1H3. The summed E-state index contributed by atoms with van der Waals surface area (Å²) < 4.78 is 2.00. The van der Waals surface area contributed by atoms with Gasteiger partial charge in [-0.3, -0.25) is 0 Å². The number of hydrogen-bond donors (Lipinski definition) is 0. The molecule has 0 spiro atoms. The summed E-state index contributed by atoms with van der Waals surface area (Å²) in [5.74, 6) is 1.65. The van der Waals surface area contributed by atoms with Crippen LogP contribution in [0.25, 0.3) is 11.4 Å². The lowest BCUT2D eigenvalue weighted by molar-refractivity contribution is 0.794. The van der Waals surface area contributed by atoms with Crippen LogP contribution in [0.1, 0.15) is 5.56 Å². The van der Waals surface area contributed by atoms with E-state index in [0.717, 1.165) is 27.9 Å². The van der Waals surface area contributed by atoms with Crippen LogP contribution in [0.2, 0.25) is 5.15 Å². The van der Waals surface area contributed by atoms with Gasteiger partial charge in [0.1, 0.15) is 5.15 Å². The van der Waals surface area contributed by atoms with Crippen LogP contribution in [0.3, 0.4) is 0 Å². The lowest BCUT2D eigenvalue weighted by Crippen LogP contribution is -1.95. The van der Waals surface area contributed by atoms with Crippen molar-refractivity contribution in [2.24, 2.45) is 7.05 Å². The van der Waals surface area contributed by atoms with Gasteiger partial charge in [-0.1, -0.05) is 59.8 Å². The molecular weight excluding hydrogens is 304 g/mol. The van der Waals surface area contributed by atoms with Gasteiger partial charge < -0.3 is 4.57 Å².